The summed E-state index contributed by atoms with van der Waals surface area (Å²) in [6.07, 6.45) is 6.87. The maximum Gasteiger partial charge on any atom is 0.269 e. The zero-order chi connectivity index (χ0) is 49.0. The van der Waals surface area contributed by atoms with Crippen LogP contribution in [0.1, 0.15) is 72.1 Å². The summed E-state index contributed by atoms with van der Waals surface area (Å²) in [5.41, 5.74) is 16.9. The number of hydrogen-bond donors (Lipinski definition) is 0. The van der Waals surface area contributed by atoms with E-state index in [1.54, 1.807) is 0 Å². The van der Waals surface area contributed by atoms with Gasteiger partial charge in [-0.1, -0.05) is 189 Å². The third-order valence-electron chi connectivity index (χ3n) is 13.7. The van der Waals surface area contributed by atoms with E-state index in [1.807, 2.05) is 12.3 Å². The molecule has 71 heavy (non-hydrogen) atoms. The molecule has 0 aliphatic heterocycles. The van der Waals surface area contributed by atoms with Crippen LogP contribution in [0.2, 0.25) is 0 Å². The van der Waals surface area contributed by atoms with Crippen molar-refractivity contribution in [2.75, 3.05) is 0 Å². The second kappa shape index (κ2) is 18.1. The molecule has 0 amide bonds. The lowest BCUT2D eigenvalue weighted by molar-refractivity contribution is -0.571. The molecule has 11 aromatic rings. The molecule has 0 radical (unpaired) electrons. The molecule has 0 saturated carbocycles. The van der Waals surface area contributed by atoms with E-state index in [0.717, 1.165) is 90.4 Å². The van der Waals surface area contributed by atoms with Crippen molar-refractivity contribution in [1.29, 1.82) is 0 Å². The van der Waals surface area contributed by atoms with Crippen molar-refractivity contribution in [2.24, 2.45) is 5.92 Å². The normalized spacial score (nSPS) is 12.1. The van der Waals surface area contributed by atoms with Crippen LogP contribution in [0.5, 0.6) is 11.5 Å². The van der Waals surface area contributed by atoms with E-state index < -0.39 is 0 Å². The van der Waals surface area contributed by atoms with Crippen LogP contribution in [-0.4, -0.2) is 14.1 Å². The number of ether oxygens (including phenoxy) is 1. The fourth-order valence-corrected chi connectivity index (χ4v) is 10.1. The number of fused-ring (bicyclic) bond motifs is 4. The molecule has 11 rings (SSSR count). The number of hydrogen-bond acceptors (Lipinski definition) is 2. The van der Waals surface area contributed by atoms with Crippen molar-refractivity contribution in [3.8, 4) is 62.1 Å². The van der Waals surface area contributed by atoms with Crippen LogP contribution in [0.15, 0.2) is 200 Å². The molecule has 0 aliphatic carbocycles. The Morgan fingerprint density at radius 2 is 1.17 bits per heavy atom. The van der Waals surface area contributed by atoms with E-state index in [-0.39, 0.29) is 10.8 Å². The van der Waals surface area contributed by atoms with Crippen LogP contribution in [0.3, 0.4) is 0 Å². The summed E-state index contributed by atoms with van der Waals surface area (Å²) in [5.74, 6) is 2.91. The molecule has 3 heterocycles. The molecule has 0 aliphatic rings. The lowest BCUT2D eigenvalue weighted by Crippen LogP contribution is -2.31. The maximum atomic E-state index is 6.87. The Balaban J connectivity index is 1.09. The first-order valence-electron chi connectivity index (χ1n) is 24.9. The molecule has 8 aromatic carbocycles. The minimum atomic E-state index is -0.0516. The maximum absolute atomic E-state index is 6.87. The van der Waals surface area contributed by atoms with Crippen molar-refractivity contribution >= 4 is 32.8 Å². The summed E-state index contributed by atoms with van der Waals surface area (Å²) in [7, 11) is 0. The Kier molecular flexibility index (Phi) is 11.6. The number of imidazole rings is 1. The molecule has 0 spiro atoms. The van der Waals surface area contributed by atoms with E-state index in [2.05, 4.69) is 263 Å². The first kappa shape index (κ1) is 45.4. The average molecular weight is 925 g/mol. The summed E-state index contributed by atoms with van der Waals surface area (Å²) in [4.78, 5) is 4.91. The largest absolute Gasteiger partial charge is 0.458 e. The zero-order valence-corrected chi connectivity index (χ0v) is 42.0. The molecule has 0 fully saturated rings. The lowest BCUT2D eigenvalue weighted by atomic mass is 9.78. The van der Waals surface area contributed by atoms with Crippen LogP contribution >= 0.6 is 0 Å². The van der Waals surface area contributed by atoms with Gasteiger partial charge in [0.1, 0.15) is 17.3 Å². The van der Waals surface area contributed by atoms with Gasteiger partial charge in [0.25, 0.3) is 6.33 Å². The number of aromatic nitrogens is 4. The molecule has 0 unspecified atom stereocenters. The highest BCUT2D eigenvalue weighted by molar-refractivity contribution is 6.09. The van der Waals surface area contributed by atoms with Crippen molar-refractivity contribution in [1.82, 2.24) is 14.1 Å². The minimum Gasteiger partial charge on any atom is -0.458 e. The Hall–Kier alpha value is -8.02. The van der Waals surface area contributed by atoms with Gasteiger partial charge in [-0.15, -0.1) is 0 Å². The number of pyridine rings is 1. The summed E-state index contributed by atoms with van der Waals surface area (Å²) in [5, 5.41) is 2.33. The van der Waals surface area contributed by atoms with Crippen LogP contribution in [0, 0.1) is 12.2 Å². The third-order valence-corrected chi connectivity index (χ3v) is 13.7. The Bertz CT molecular complexity index is 3720. The highest BCUT2D eigenvalue weighted by atomic mass is 16.5. The number of benzene rings is 8. The van der Waals surface area contributed by atoms with Gasteiger partial charge in [-0.3, -0.25) is 13.7 Å². The van der Waals surface area contributed by atoms with Crippen molar-refractivity contribution in [3.05, 3.63) is 223 Å². The van der Waals surface area contributed by atoms with Crippen LogP contribution in [0.4, 0.5) is 0 Å². The van der Waals surface area contributed by atoms with Gasteiger partial charge < -0.3 is 4.74 Å². The summed E-state index contributed by atoms with van der Waals surface area (Å²) < 4.78 is 13.6. The molecule has 0 N–H and O–H groups in total. The molecular formula is C66H60N4O. The molecule has 0 saturated heterocycles. The first-order chi connectivity index (χ1) is 34.3. The van der Waals surface area contributed by atoms with Crippen molar-refractivity contribution < 1.29 is 9.30 Å². The molecular weight excluding hydrogens is 865 g/mol. The molecule has 0 atom stereocenters. The van der Waals surface area contributed by atoms with Crippen molar-refractivity contribution in [3.63, 3.8) is 0 Å². The van der Waals surface area contributed by atoms with Crippen molar-refractivity contribution in [2.45, 2.75) is 72.6 Å². The van der Waals surface area contributed by atoms with Crippen LogP contribution in [0.25, 0.3) is 83.4 Å². The van der Waals surface area contributed by atoms with Gasteiger partial charge in [-0.2, -0.15) is 0 Å². The quantitative estimate of drug-likeness (QED) is 0.101. The number of nitrogens with zero attached hydrogens (tertiary/aromatic N) is 4. The lowest BCUT2D eigenvalue weighted by Gasteiger charge is -2.27. The third kappa shape index (κ3) is 8.82. The highest BCUT2D eigenvalue weighted by Gasteiger charge is 2.25. The second-order valence-corrected chi connectivity index (χ2v) is 21.5. The van der Waals surface area contributed by atoms with Gasteiger partial charge in [0.05, 0.1) is 33.4 Å². The second-order valence-electron chi connectivity index (χ2n) is 21.5. The number of para-hydroxylation sites is 2. The smallest absolute Gasteiger partial charge is 0.269 e. The monoisotopic (exact) mass is 924 g/mol. The van der Waals surface area contributed by atoms with Gasteiger partial charge in [-0.05, 0) is 128 Å². The van der Waals surface area contributed by atoms with Gasteiger partial charge >= 0.3 is 0 Å². The van der Waals surface area contributed by atoms with E-state index in [4.69, 9.17) is 9.72 Å². The zero-order valence-electron chi connectivity index (χ0n) is 42.0. The molecule has 0 bridgehead atoms. The fraction of sp³-hybridized carbons (Fsp3) is 0.182. The Morgan fingerprint density at radius 1 is 0.521 bits per heavy atom. The Labute approximate surface area is 418 Å². The molecule has 350 valence electrons. The summed E-state index contributed by atoms with van der Waals surface area (Å²) in [6.45, 7) is 18.4. The summed E-state index contributed by atoms with van der Waals surface area (Å²) >= 11 is 0. The van der Waals surface area contributed by atoms with E-state index in [0.29, 0.717) is 5.92 Å². The van der Waals surface area contributed by atoms with Crippen LogP contribution in [-0.2, 0) is 17.3 Å². The Morgan fingerprint density at radius 3 is 1.89 bits per heavy atom. The van der Waals surface area contributed by atoms with Gasteiger partial charge in [0.15, 0.2) is 0 Å². The summed E-state index contributed by atoms with van der Waals surface area (Å²) in [6, 6.07) is 69.8. The predicted molar refractivity (Wildman–Crippen MR) is 295 cm³/mol. The topological polar surface area (TPSA) is 35.9 Å². The standard InChI is InChI=1S/C66H60N4O/c1-44(2)35-45-33-34-67-63(36-45)70-59-28-16-15-25-57(59)58-31-30-54(42-61(58)70)71-53-24-17-23-52(41-53)68-43-69(60-32-29-48(39-62(60)68)46-19-11-9-12-20-46)64-55(47-21-13-10-14-22-47)26-18-27-56(64)49-37-50(65(3,4)5)40-51(38-49)66(6,7)8/h9-34,36-42,44H,35H2,1-8H3. The fourth-order valence-electron chi connectivity index (χ4n) is 10.1. The van der Waals surface area contributed by atoms with E-state index in [1.165, 1.54) is 27.6 Å². The number of rotatable bonds is 10. The highest BCUT2D eigenvalue weighted by Crippen LogP contribution is 2.40. The SMILES string of the molecule is CC(C)Cc1ccnc(-n2c3ccccc3c3ccc(Oc4cccc(-n5[c-][n+](-c6c(-c7ccccc7)cccc6-c6cc(C(C)(C)C)cc(C(C)(C)C)c6)c6ccc(-c7ccccc7)cc65)c4)cc32)c1. The van der Waals surface area contributed by atoms with E-state index in [9.17, 15) is 0 Å². The minimum absolute atomic E-state index is 0.0516. The molecule has 5 nitrogen and oxygen atoms in total. The predicted octanol–water partition coefficient (Wildman–Crippen LogP) is 16.8. The first-order valence-corrected chi connectivity index (χ1v) is 24.9. The molecule has 3 aromatic heterocycles. The van der Waals surface area contributed by atoms with Gasteiger partial charge in [0.2, 0.25) is 0 Å². The molecule has 5 heteroatoms. The van der Waals surface area contributed by atoms with Gasteiger partial charge in [-0.25, -0.2) is 4.98 Å². The van der Waals surface area contributed by atoms with Crippen LogP contribution < -0.4 is 9.30 Å². The average Bonchev–Trinajstić information content (AvgIpc) is 3.91. The van der Waals surface area contributed by atoms with Gasteiger partial charge in [0, 0.05) is 23.0 Å². The van der Waals surface area contributed by atoms with E-state index >= 15 is 0 Å².